The third-order valence-corrected chi connectivity index (χ3v) is 3.16. The van der Waals surface area contributed by atoms with Crippen molar-refractivity contribution in [2.24, 2.45) is 5.92 Å². The van der Waals surface area contributed by atoms with Crippen LogP contribution >= 0.6 is 0 Å². The number of nitrogens with zero attached hydrogens (tertiary/aromatic N) is 1. The Morgan fingerprint density at radius 3 is 2.72 bits per heavy atom. The van der Waals surface area contributed by atoms with Gasteiger partial charge < -0.3 is 15.7 Å². The van der Waals surface area contributed by atoms with Crippen LogP contribution in [0.15, 0.2) is 24.3 Å². The summed E-state index contributed by atoms with van der Waals surface area (Å²) < 4.78 is 0. The van der Waals surface area contributed by atoms with Crippen LogP contribution in [0.4, 0.5) is 5.69 Å². The van der Waals surface area contributed by atoms with Crippen LogP contribution in [0.3, 0.4) is 0 Å². The number of rotatable bonds is 4. The topological polar surface area (TPSA) is 83.6 Å². The smallest absolute Gasteiger partial charge is 0.310 e. The number of hydrogen-bond donors (Lipinski definition) is 2. The van der Waals surface area contributed by atoms with Crippen molar-refractivity contribution in [2.75, 3.05) is 18.8 Å². The van der Waals surface area contributed by atoms with Crippen LogP contribution < -0.4 is 5.73 Å². The molecule has 0 bridgehead atoms. The first-order chi connectivity index (χ1) is 8.56. The highest BCUT2D eigenvalue weighted by atomic mass is 16.4. The molecule has 1 aliphatic rings. The van der Waals surface area contributed by atoms with E-state index >= 15 is 0 Å². The third-order valence-electron chi connectivity index (χ3n) is 3.16. The summed E-state index contributed by atoms with van der Waals surface area (Å²) in [6.45, 7) is 0.677. The Morgan fingerprint density at radius 2 is 2.11 bits per heavy atom. The van der Waals surface area contributed by atoms with E-state index in [-0.39, 0.29) is 11.8 Å². The lowest BCUT2D eigenvalue weighted by atomic mass is 9.99. The fourth-order valence-corrected chi connectivity index (χ4v) is 2.00. The molecule has 5 nitrogen and oxygen atoms in total. The molecule has 0 unspecified atom stereocenters. The van der Waals surface area contributed by atoms with Gasteiger partial charge in [-0.3, -0.25) is 9.59 Å². The van der Waals surface area contributed by atoms with Gasteiger partial charge in [0.1, 0.15) is 0 Å². The summed E-state index contributed by atoms with van der Waals surface area (Å²) in [5, 5.41) is 8.72. The van der Waals surface area contributed by atoms with Gasteiger partial charge in [0, 0.05) is 25.2 Å². The zero-order chi connectivity index (χ0) is 13.1. The second-order valence-electron chi connectivity index (χ2n) is 4.58. The minimum atomic E-state index is -0.824. The van der Waals surface area contributed by atoms with Crippen LogP contribution in [0.1, 0.15) is 12.0 Å². The number of likely N-dealkylation sites (tertiary alicyclic amines) is 1. The average molecular weight is 248 g/mol. The first-order valence-corrected chi connectivity index (χ1v) is 5.91. The van der Waals surface area contributed by atoms with Gasteiger partial charge in [0.25, 0.3) is 0 Å². The fourth-order valence-electron chi connectivity index (χ4n) is 2.00. The van der Waals surface area contributed by atoms with E-state index in [9.17, 15) is 9.59 Å². The molecule has 1 aliphatic heterocycles. The number of carbonyl (C=O) groups is 2. The van der Waals surface area contributed by atoms with Crippen LogP contribution in [0, 0.1) is 5.92 Å². The lowest BCUT2D eigenvalue weighted by molar-refractivity contribution is -0.152. The maximum atomic E-state index is 11.8. The number of anilines is 1. The van der Waals surface area contributed by atoms with Crippen LogP contribution in [0.25, 0.3) is 0 Å². The zero-order valence-electron chi connectivity index (χ0n) is 10.0. The Kier molecular flexibility index (Phi) is 3.50. The summed E-state index contributed by atoms with van der Waals surface area (Å²) in [7, 11) is 0. The van der Waals surface area contributed by atoms with Gasteiger partial charge in [-0.25, -0.2) is 0 Å². The van der Waals surface area contributed by atoms with Crippen molar-refractivity contribution in [3.63, 3.8) is 0 Å². The van der Waals surface area contributed by atoms with E-state index < -0.39 is 5.97 Å². The average Bonchev–Trinajstić information content (AvgIpc) is 2.24. The molecule has 0 saturated carbocycles. The number of nitrogen functional groups attached to an aromatic ring is 1. The molecule has 1 saturated heterocycles. The summed E-state index contributed by atoms with van der Waals surface area (Å²) in [6.07, 6.45) is 1.04. The van der Waals surface area contributed by atoms with Crippen molar-refractivity contribution >= 4 is 17.6 Å². The van der Waals surface area contributed by atoms with E-state index in [0.29, 0.717) is 31.6 Å². The maximum Gasteiger partial charge on any atom is 0.310 e. The van der Waals surface area contributed by atoms with Crippen molar-refractivity contribution in [1.29, 1.82) is 0 Å². The zero-order valence-corrected chi connectivity index (χ0v) is 10.0. The van der Waals surface area contributed by atoms with Crippen LogP contribution in [-0.4, -0.2) is 35.0 Å². The third kappa shape index (κ3) is 2.80. The van der Waals surface area contributed by atoms with Crippen LogP contribution in [0.5, 0.6) is 0 Å². The monoisotopic (exact) mass is 248 g/mol. The van der Waals surface area contributed by atoms with Crippen LogP contribution in [0.2, 0.25) is 0 Å². The minimum absolute atomic E-state index is 0.00919. The van der Waals surface area contributed by atoms with Gasteiger partial charge in [-0.2, -0.15) is 0 Å². The van der Waals surface area contributed by atoms with Crippen LogP contribution in [-0.2, 0) is 16.0 Å². The number of benzene rings is 1. The Morgan fingerprint density at radius 1 is 1.39 bits per heavy atom. The molecule has 1 heterocycles. The maximum absolute atomic E-state index is 11.8. The Bertz CT molecular complexity index is 467. The molecule has 18 heavy (non-hydrogen) atoms. The Labute approximate surface area is 105 Å². The second kappa shape index (κ2) is 5.08. The van der Waals surface area contributed by atoms with Crippen molar-refractivity contribution in [2.45, 2.75) is 12.8 Å². The molecule has 0 atom stereocenters. The molecule has 2 rings (SSSR count). The number of nitrogens with two attached hydrogens (primary N) is 1. The van der Waals surface area contributed by atoms with Gasteiger partial charge in [-0.1, -0.05) is 12.1 Å². The van der Waals surface area contributed by atoms with Gasteiger partial charge in [-0.05, 0) is 24.1 Å². The van der Waals surface area contributed by atoms with Gasteiger partial charge in [0.2, 0.25) is 5.91 Å². The standard InChI is InChI=1S/C13H16N2O3/c14-11-3-1-2-9(6-11)4-5-12(16)15-7-10(8-15)13(17)18/h1-3,6,10H,4-5,7-8,14H2,(H,17,18). The van der Waals surface area contributed by atoms with Gasteiger partial charge in [-0.15, -0.1) is 0 Å². The highest BCUT2D eigenvalue weighted by Crippen LogP contribution is 2.17. The number of aryl methyl sites for hydroxylation is 1. The van der Waals surface area contributed by atoms with Crippen molar-refractivity contribution < 1.29 is 14.7 Å². The quantitative estimate of drug-likeness (QED) is 0.770. The second-order valence-corrected chi connectivity index (χ2v) is 4.58. The van der Waals surface area contributed by atoms with Gasteiger partial charge in [0.05, 0.1) is 5.92 Å². The van der Waals surface area contributed by atoms with E-state index in [1.807, 2.05) is 18.2 Å². The number of aliphatic carboxylic acids is 1. The van der Waals surface area contributed by atoms with Crippen molar-refractivity contribution in [3.8, 4) is 0 Å². The predicted octanol–water partition coefficient (Wildman–Crippen LogP) is 0.744. The normalized spacial score (nSPS) is 15.2. The predicted molar refractivity (Wildman–Crippen MR) is 66.9 cm³/mol. The van der Waals surface area contributed by atoms with E-state index in [1.165, 1.54) is 0 Å². The molecule has 0 aliphatic carbocycles. The Hall–Kier alpha value is -2.04. The molecule has 96 valence electrons. The number of carboxylic acids is 1. The lowest BCUT2D eigenvalue weighted by Crippen LogP contribution is -2.53. The SMILES string of the molecule is Nc1cccc(CCC(=O)N2CC(C(=O)O)C2)c1. The summed E-state index contributed by atoms with van der Waals surface area (Å²) in [6, 6.07) is 7.45. The van der Waals surface area contributed by atoms with E-state index in [1.54, 1.807) is 11.0 Å². The molecule has 1 aromatic carbocycles. The van der Waals surface area contributed by atoms with Crippen molar-refractivity contribution in [1.82, 2.24) is 4.90 Å². The lowest BCUT2D eigenvalue weighted by Gasteiger charge is -2.36. The number of hydrogen-bond acceptors (Lipinski definition) is 3. The number of amides is 1. The van der Waals surface area contributed by atoms with Crippen molar-refractivity contribution in [3.05, 3.63) is 29.8 Å². The highest BCUT2D eigenvalue weighted by Gasteiger charge is 2.34. The molecule has 0 aromatic heterocycles. The van der Waals surface area contributed by atoms with Gasteiger partial charge >= 0.3 is 5.97 Å². The van der Waals surface area contributed by atoms with Gasteiger partial charge in [0.15, 0.2) is 0 Å². The fraction of sp³-hybridized carbons (Fsp3) is 0.385. The minimum Gasteiger partial charge on any atom is -0.481 e. The van der Waals surface area contributed by atoms with E-state index in [2.05, 4.69) is 0 Å². The number of carbonyl (C=O) groups excluding carboxylic acids is 1. The summed E-state index contributed by atoms with van der Waals surface area (Å²) in [4.78, 5) is 24.0. The first-order valence-electron chi connectivity index (χ1n) is 5.91. The molecular formula is C13H16N2O3. The highest BCUT2D eigenvalue weighted by molar-refractivity contribution is 5.81. The molecule has 0 radical (unpaired) electrons. The molecule has 1 amide bonds. The molecule has 3 N–H and O–H groups in total. The molecule has 1 fully saturated rings. The van der Waals surface area contributed by atoms with E-state index in [0.717, 1.165) is 5.56 Å². The molecular weight excluding hydrogens is 232 g/mol. The summed E-state index contributed by atoms with van der Waals surface area (Å²) in [5.41, 5.74) is 7.37. The molecule has 1 aromatic rings. The first kappa shape index (κ1) is 12.4. The van der Waals surface area contributed by atoms with E-state index in [4.69, 9.17) is 10.8 Å². The largest absolute Gasteiger partial charge is 0.481 e. The molecule has 5 heteroatoms. The number of carboxylic acid groups (broad SMARTS) is 1. The summed E-state index contributed by atoms with van der Waals surface area (Å²) in [5.74, 6) is -1.20. The Balaban J connectivity index is 1.78. The molecule has 0 spiro atoms. The summed E-state index contributed by atoms with van der Waals surface area (Å²) >= 11 is 0.